The normalized spacial score (nSPS) is 13.9. The smallest absolute Gasteiger partial charge is 0.308 e. The van der Waals surface area contributed by atoms with Crippen molar-refractivity contribution in [3.05, 3.63) is 35.4 Å². The molecule has 34 heavy (non-hydrogen) atoms. The van der Waals surface area contributed by atoms with Gasteiger partial charge in [0.25, 0.3) is 0 Å². The van der Waals surface area contributed by atoms with Crippen LogP contribution in [0, 0.1) is 5.92 Å². The molecule has 0 aromatic heterocycles. The van der Waals surface area contributed by atoms with Gasteiger partial charge in [0.1, 0.15) is 5.60 Å². The van der Waals surface area contributed by atoms with Gasteiger partial charge in [-0.05, 0) is 55.2 Å². The molecule has 2 aromatic carbocycles. The molecule has 0 aliphatic carbocycles. The Morgan fingerprint density at radius 1 is 0.912 bits per heavy atom. The Morgan fingerprint density at radius 3 is 2.09 bits per heavy atom. The zero-order valence-corrected chi connectivity index (χ0v) is 21.0. The summed E-state index contributed by atoms with van der Waals surface area (Å²) >= 11 is 0. The summed E-state index contributed by atoms with van der Waals surface area (Å²) < 4.78 is 39.0. The molecule has 0 fully saturated rings. The van der Waals surface area contributed by atoms with Gasteiger partial charge < -0.3 is 33.2 Å². The van der Waals surface area contributed by atoms with Gasteiger partial charge in [0.2, 0.25) is 18.3 Å². The molecule has 0 spiro atoms. The summed E-state index contributed by atoms with van der Waals surface area (Å²) in [5.74, 6) is 3.00. The lowest BCUT2D eigenvalue weighted by Crippen LogP contribution is -2.36. The number of rotatable bonds is 11. The van der Waals surface area contributed by atoms with Crippen molar-refractivity contribution in [1.29, 1.82) is 0 Å². The van der Waals surface area contributed by atoms with Crippen molar-refractivity contribution in [2.75, 3.05) is 35.2 Å². The molecule has 0 saturated carbocycles. The maximum Gasteiger partial charge on any atom is 0.308 e. The Labute approximate surface area is 201 Å². The van der Waals surface area contributed by atoms with Gasteiger partial charge in [0, 0.05) is 6.42 Å². The Bertz CT molecular complexity index is 991. The third kappa shape index (κ3) is 5.61. The number of aryl methyl sites for hydroxylation is 1. The first-order chi connectivity index (χ1) is 16.2. The van der Waals surface area contributed by atoms with Gasteiger partial charge >= 0.3 is 5.97 Å². The minimum Gasteiger partial charge on any atom is -0.493 e. The van der Waals surface area contributed by atoms with Gasteiger partial charge in [-0.15, -0.1) is 0 Å². The van der Waals surface area contributed by atoms with Crippen LogP contribution in [-0.2, 0) is 22.4 Å². The van der Waals surface area contributed by atoms with Crippen LogP contribution in [0.5, 0.6) is 34.5 Å². The molecule has 1 unspecified atom stereocenters. The van der Waals surface area contributed by atoms with Crippen LogP contribution in [0.2, 0.25) is 0 Å². The van der Waals surface area contributed by atoms with Gasteiger partial charge in [-0.1, -0.05) is 13.8 Å². The Balaban J connectivity index is 1.89. The molecule has 1 aliphatic heterocycles. The molecule has 0 N–H and O–H groups in total. The lowest BCUT2D eigenvalue weighted by Gasteiger charge is -2.31. The Kier molecular flexibility index (Phi) is 8.02. The van der Waals surface area contributed by atoms with Gasteiger partial charge in [0.15, 0.2) is 23.0 Å². The van der Waals surface area contributed by atoms with E-state index in [4.69, 9.17) is 33.2 Å². The van der Waals surface area contributed by atoms with Crippen LogP contribution < -0.4 is 28.4 Å². The minimum atomic E-state index is -0.782. The van der Waals surface area contributed by atoms with E-state index in [1.54, 1.807) is 28.4 Å². The lowest BCUT2D eigenvalue weighted by atomic mass is 9.89. The predicted molar refractivity (Wildman–Crippen MR) is 127 cm³/mol. The summed E-state index contributed by atoms with van der Waals surface area (Å²) in [6.45, 7) is 5.76. The number of benzene rings is 2. The number of carbonyl (C=O) groups excluding carboxylic acids is 1. The van der Waals surface area contributed by atoms with Crippen LogP contribution in [0.25, 0.3) is 0 Å². The van der Waals surface area contributed by atoms with Crippen LogP contribution in [-0.4, -0.2) is 46.8 Å². The Morgan fingerprint density at radius 2 is 1.53 bits per heavy atom. The van der Waals surface area contributed by atoms with Gasteiger partial charge in [-0.2, -0.15) is 0 Å². The average molecular weight is 475 g/mol. The first-order valence-electron chi connectivity index (χ1n) is 11.2. The van der Waals surface area contributed by atoms with Crippen LogP contribution in [0.4, 0.5) is 0 Å². The molecule has 1 heterocycles. The standard InChI is InChI=1S/C26H34O8/c1-16(2)25(27)34-26(3,14-18-12-19(28-4)23(31-7)20(13-18)29-5)9-8-17-10-21(30-6)24-22(11-17)32-15-33-24/h10-13,16H,8-9,14-15H2,1-7H3. The van der Waals surface area contributed by atoms with Gasteiger partial charge in [-0.25, -0.2) is 0 Å². The number of carbonyl (C=O) groups is 1. The molecule has 186 valence electrons. The van der Waals surface area contributed by atoms with E-state index in [0.717, 1.165) is 11.1 Å². The highest BCUT2D eigenvalue weighted by molar-refractivity contribution is 5.72. The molecule has 0 saturated heterocycles. The molecule has 0 amide bonds. The maximum absolute atomic E-state index is 12.6. The van der Waals surface area contributed by atoms with E-state index in [2.05, 4.69) is 0 Å². The number of methoxy groups -OCH3 is 4. The van der Waals surface area contributed by atoms with E-state index in [1.807, 2.05) is 45.0 Å². The molecular weight excluding hydrogens is 440 g/mol. The average Bonchev–Trinajstić information content (AvgIpc) is 3.30. The molecule has 1 atom stereocenters. The molecule has 8 heteroatoms. The van der Waals surface area contributed by atoms with Crippen molar-refractivity contribution in [3.63, 3.8) is 0 Å². The molecule has 0 bridgehead atoms. The summed E-state index contributed by atoms with van der Waals surface area (Å²) in [6.07, 6.45) is 1.67. The fourth-order valence-electron chi connectivity index (χ4n) is 3.94. The van der Waals surface area contributed by atoms with Crippen LogP contribution in [0.15, 0.2) is 24.3 Å². The third-order valence-corrected chi connectivity index (χ3v) is 5.78. The molecule has 8 nitrogen and oxygen atoms in total. The van der Waals surface area contributed by atoms with Crippen molar-refractivity contribution in [1.82, 2.24) is 0 Å². The Hall–Kier alpha value is -3.29. The molecule has 2 aromatic rings. The first kappa shape index (κ1) is 25.3. The van der Waals surface area contributed by atoms with Crippen molar-refractivity contribution >= 4 is 5.97 Å². The van der Waals surface area contributed by atoms with Gasteiger partial charge in [0.05, 0.1) is 34.4 Å². The number of hydrogen-bond donors (Lipinski definition) is 0. The number of fused-ring (bicyclic) bond motifs is 1. The topological polar surface area (TPSA) is 81.7 Å². The SMILES string of the molecule is COc1cc(CC(C)(CCc2cc(OC)c3c(c2)OCO3)OC(=O)C(C)C)cc(OC)c1OC. The summed E-state index contributed by atoms with van der Waals surface area (Å²) in [4.78, 5) is 12.6. The van der Waals surface area contributed by atoms with Crippen molar-refractivity contribution < 1.29 is 38.0 Å². The lowest BCUT2D eigenvalue weighted by molar-refractivity contribution is -0.162. The quantitative estimate of drug-likeness (QED) is 0.438. The molecule has 0 radical (unpaired) electrons. The van der Waals surface area contributed by atoms with Crippen LogP contribution >= 0.6 is 0 Å². The van der Waals surface area contributed by atoms with E-state index >= 15 is 0 Å². The number of ether oxygens (including phenoxy) is 7. The largest absolute Gasteiger partial charge is 0.493 e. The zero-order chi connectivity index (χ0) is 24.9. The molecular formula is C26H34O8. The third-order valence-electron chi connectivity index (χ3n) is 5.78. The highest BCUT2D eigenvalue weighted by Gasteiger charge is 2.32. The number of hydrogen-bond acceptors (Lipinski definition) is 8. The van der Waals surface area contributed by atoms with Crippen LogP contribution in [0.1, 0.15) is 38.3 Å². The van der Waals surface area contributed by atoms with E-state index < -0.39 is 5.60 Å². The molecule has 3 rings (SSSR count). The second kappa shape index (κ2) is 10.8. The van der Waals surface area contributed by atoms with Crippen molar-refractivity contribution in [2.24, 2.45) is 5.92 Å². The summed E-state index contributed by atoms with van der Waals surface area (Å²) in [6, 6.07) is 7.63. The van der Waals surface area contributed by atoms with Crippen LogP contribution in [0.3, 0.4) is 0 Å². The fourth-order valence-corrected chi connectivity index (χ4v) is 3.94. The van der Waals surface area contributed by atoms with E-state index in [9.17, 15) is 4.79 Å². The highest BCUT2D eigenvalue weighted by atomic mass is 16.7. The highest BCUT2D eigenvalue weighted by Crippen LogP contribution is 2.43. The van der Waals surface area contributed by atoms with Crippen molar-refractivity contribution in [2.45, 2.75) is 45.6 Å². The van der Waals surface area contributed by atoms with Gasteiger partial charge in [-0.3, -0.25) is 4.79 Å². The second-order valence-electron chi connectivity index (χ2n) is 8.77. The second-order valence-corrected chi connectivity index (χ2v) is 8.77. The van der Waals surface area contributed by atoms with Crippen molar-refractivity contribution in [3.8, 4) is 34.5 Å². The maximum atomic E-state index is 12.6. The summed E-state index contributed by atoms with van der Waals surface area (Å²) in [5, 5.41) is 0. The fraction of sp³-hybridized carbons (Fsp3) is 0.500. The minimum absolute atomic E-state index is 0.167. The monoisotopic (exact) mass is 474 g/mol. The molecule has 1 aliphatic rings. The number of esters is 1. The van der Waals surface area contributed by atoms with E-state index in [1.165, 1.54) is 0 Å². The van der Waals surface area contributed by atoms with E-state index in [0.29, 0.717) is 53.8 Å². The zero-order valence-electron chi connectivity index (χ0n) is 21.0. The predicted octanol–water partition coefficient (Wildman–Crippen LogP) is 4.58. The van der Waals surface area contributed by atoms with E-state index in [-0.39, 0.29) is 18.7 Å². The summed E-state index contributed by atoms with van der Waals surface area (Å²) in [7, 11) is 6.31. The summed E-state index contributed by atoms with van der Waals surface area (Å²) in [5.41, 5.74) is 1.12. The first-order valence-corrected chi connectivity index (χ1v) is 11.2.